The zero-order chi connectivity index (χ0) is 35.8. The molecule has 0 atom stereocenters. The smallest absolute Gasteiger partial charge is 0.164 e. The van der Waals surface area contributed by atoms with Crippen molar-refractivity contribution < 1.29 is 0 Å². The van der Waals surface area contributed by atoms with Gasteiger partial charge in [-0.3, -0.25) is 9.13 Å². The van der Waals surface area contributed by atoms with Gasteiger partial charge >= 0.3 is 0 Å². The molecule has 0 N–H and O–H groups in total. The van der Waals surface area contributed by atoms with Crippen molar-refractivity contribution in [3.63, 3.8) is 0 Å². The van der Waals surface area contributed by atoms with Crippen LogP contribution < -0.4 is 0 Å². The summed E-state index contributed by atoms with van der Waals surface area (Å²) >= 11 is 0. The number of fused-ring (bicyclic) bond motifs is 2. The predicted octanol–water partition coefficient (Wildman–Crippen LogP) is 10.9. The minimum Gasteiger partial charge on any atom is -0.292 e. The molecular weight excluding hydrogens is 663 g/mol. The largest absolute Gasteiger partial charge is 0.292 e. The van der Waals surface area contributed by atoms with Crippen LogP contribution in [0.2, 0.25) is 0 Å². The molecule has 254 valence electrons. The average molecular weight is 694 g/mol. The van der Waals surface area contributed by atoms with Crippen LogP contribution in [0.3, 0.4) is 0 Å². The third kappa shape index (κ3) is 5.61. The van der Waals surface area contributed by atoms with Crippen LogP contribution in [0, 0.1) is 0 Å². The molecule has 7 nitrogen and oxygen atoms in total. The van der Waals surface area contributed by atoms with E-state index in [9.17, 15) is 0 Å². The van der Waals surface area contributed by atoms with Gasteiger partial charge in [-0.2, -0.15) is 0 Å². The minimum atomic E-state index is 0.594. The van der Waals surface area contributed by atoms with Gasteiger partial charge in [0.05, 0.1) is 22.1 Å². The third-order valence-electron chi connectivity index (χ3n) is 9.62. The Kier molecular flexibility index (Phi) is 7.66. The van der Waals surface area contributed by atoms with E-state index >= 15 is 0 Å². The number of aromatic nitrogens is 7. The molecule has 7 aromatic carbocycles. The average Bonchev–Trinajstić information content (AvgIpc) is 3.84. The molecule has 54 heavy (non-hydrogen) atoms. The van der Waals surface area contributed by atoms with Crippen molar-refractivity contribution in [2.45, 2.75) is 0 Å². The Morgan fingerprint density at radius 2 is 0.574 bits per heavy atom. The standard InChI is InChI=1S/C47H31N7/c1-4-14-32(15-5-1)43-50-44(33-24-28-35(29-25-33)46-48-39-20-10-12-22-41(39)53(46)37-16-6-2-7-17-37)52-45(51-43)34-26-30-36(31-27-34)47-49-40-21-11-13-23-42(40)54(47)38-18-8-3-9-19-38/h1-31H. The van der Waals surface area contributed by atoms with Gasteiger partial charge in [-0.15, -0.1) is 0 Å². The number of hydrogen-bond donors (Lipinski definition) is 0. The predicted molar refractivity (Wildman–Crippen MR) is 216 cm³/mol. The summed E-state index contributed by atoms with van der Waals surface area (Å²) in [5, 5.41) is 0. The van der Waals surface area contributed by atoms with E-state index in [0.717, 1.165) is 72.9 Å². The maximum absolute atomic E-state index is 5.05. The highest BCUT2D eigenvalue weighted by atomic mass is 15.1. The van der Waals surface area contributed by atoms with E-state index in [2.05, 4.69) is 130 Å². The molecule has 0 amide bonds. The molecule has 3 heterocycles. The molecule has 10 rings (SSSR count). The molecular formula is C47H31N7. The van der Waals surface area contributed by atoms with Gasteiger partial charge < -0.3 is 0 Å². The molecule has 0 aliphatic heterocycles. The molecule has 10 aromatic rings. The first-order valence-electron chi connectivity index (χ1n) is 17.9. The maximum Gasteiger partial charge on any atom is 0.164 e. The fourth-order valence-corrected chi connectivity index (χ4v) is 7.00. The molecule has 0 bridgehead atoms. The van der Waals surface area contributed by atoms with Gasteiger partial charge in [-0.05, 0) is 48.5 Å². The zero-order valence-electron chi connectivity index (χ0n) is 29.0. The van der Waals surface area contributed by atoms with E-state index in [1.165, 1.54) is 0 Å². The Labute approximate surface area is 311 Å². The Morgan fingerprint density at radius 1 is 0.259 bits per heavy atom. The number of rotatable bonds is 7. The summed E-state index contributed by atoms with van der Waals surface area (Å²) in [6, 6.07) is 63.8. The van der Waals surface area contributed by atoms with Crippen LogP contribution in [0.15, 0.2) is 188 Å². The lowest BCUT2D eigenvalue weighted by Gasteiger charge is -2.11. The van der Waals surface area contributed by atoms with E-state index in [0.29, 0.717) is 17.5 Å². The Hall–Kier alpha value is -7.51. The van der Waals surface area contributed by atoms with Crippen molar-refractivity contribution in [3.05, 3.63) is 188 Å². The highest BCUT2D eigenvalue weighted by molar-refractivity contribution is 5.85. The van der Waals surface area contributed by atoms with Crippen molar-refractivity contribution in [2.24, 2.45) is 0 Å². The Bertz CT molecular complexity index is 2720. The summed E-state index contributed by atoms with van der Waals surface area (Å²) in [6.45, 7) is 0. The monoisotopic (exact) mass is 693 g/mol. The van der Waals surface area contributed by atoms with Crippen molar-refractivity contribution in [1.82, 2.24) is 34.1 Å². The molecule has 0 saturated heterocycles. The van der Waals surface area contributed by atoms with E-state index in [-0.39, 0.29) is 0 Å². The number of para-hydroxylation sites is 6. The van der Waals surface area contributed by atoms with Crippen LogP contribution in [0.5, 0.6) is 0 Å². The second kappa shape index (κ2) is 13.2. The lowest BCUT2D eigenvalue weighted by atomic mass is 10.1. The van der Waals surface area contributed by atoms with Gasteiger partial charge in [0.25, 0.3) is 0 Å². The van der Waals surface area contributed by atoms with Gasteiger partial charge in [-0.25, -0.2) is 24.9 Å². The summed E-state index contributed by atoms with van der Waals surface area (Å²) < 4.78 is 4.41. The highest BCUT2D eigenvalue weighted by Crippen LogP contribution is 2.33. The molecule has 0 radical (unpaired) electrons. The molecule has 0 saturated carbocycles. The second-order valence-corrected chi connectivity index (χ2v) is 13.0. The van der Waals surface area contributed by atoms with E-state index in [1.807, 2.05) is 66.7 Å². The van der Waals surface area contributed by atoms with Crippen LogP contribution >= 0.6 is 0 Å². The first-order chi connectivity index (χ1) is 26.8. The SMILES string of the molecule is c1ccc(-c2nc(-c3ccc(-c4nc5ccccc5n4-c4ccccc4)cc3)nc(-c3ccc(-c4nc5ccccc5n4-c4ccccc4)cc3)n2)cc1. The quantitative estimate of drug-likeness (QED) is 0.166. The van der Waals surface area contributed by atoms with Crippen molar-refractivity contribution >= 4 is 22.1 Å². The van der Waals surface area contributed by atoms with E-state index in [1.54, 1.807) is 0 Å². The van der Waals surface area contributed by atoms with Crippen LogP contribution in [-0.4, -0.2) is 34.1 Å². The molecule has 0 unspecified atom stereocenters. The second-order valence-electron chi connectivity index (χ2n) is 13.0. The molecule has 7 heteroatoms. The van der Waals surface area contributed by atoms with E-state index < -0.39 is 0 Å². The zero-order valence-corrected chi connectivity index (χ0v) is 29.0. The van der Waals surface area contributed by atoms with Crippen LogP contribution in [0.4, 0.5) is 0 Å². The van der Waals surface area contributed by atoms with Gasteiger partial charge in [-0.1, -0.05) is 140 Å². The maximum atomic E-state index is 5.05. The van der Waals surface area contributed by atoms with Gasteiger partial charge in [0.1, 0.15) is 11.6 Å². The topological polar surface area (TPSA) is 74.3 Å². The van der Waals surface area contributed by atoms with Gasteiger partial charge in [0, 0.05) is 39.2 Å². The summed E-state index contributed by atoms with van der Waals surface area (Å²) in [5.41, 5.74) is 10.8. The minimum absolute atomic E-state index is 0.594. The first-order valence-corrected chi connectivity index (χ1v) is 17.9. The van der Waals surface area contributed by atoms with Gasteiger partial charge in [0.15, 0.2) is 17.5 Å². The van der Waals surface area contributed by atoms with Crippen molar-refractivity contribution in [1.29, 1.82) is 0 Å². The van der Waals surface area contributed by atoms with Crippen LogP contribution in [0.1, 0.15) is 0 Å². The number of nitrogens with zero attached hydrogens (tertiary/aromatic N) is 7. The summed E-state index contributed by atoms with van der Waals surface area (Å²) in [6.07, 6.45) is 0. The molecule has 3 aromatic heterocycles. The summed E-state index contributed by atoms with van der Waals surface area (Å²) in [7, 11) is 0. The Morgan fingerprint density at radius 3 is 0.981 bits per heavy atom. The molecule has 0 spiro atoms. The Balaban J connectivity index is 1.05. The van der Waals surface area contributed by atoms with E-state index in [4.69, 9.17) is 24.9 Å². The number of hydrogen-bond acceptors (Lipinski definition) is 5. The van der Waals surface area contributed by atoms with Crippen LogP contribution in [-0.2, 0) is 0 Å². The molecule has 0 fully saturated rings. The number of benzene rings is 7. The van der Waals surface area contributed by atoms with Crippen molar-refractivity contribution in [2.75, 3.05) is 0 Å². The lowest BCUT2D eigenvalue weighted by Crippen LogP contribution is -2.01. The molecule has 0 aliphatic carbocycles. The summed E-state index contributed by atoms with van der Waals surface area (Å²) in [4.78, 5) is 25.1. The van der Waals surface area contributed by atoms with Crippen LogP contribution in [0.25, 0.3) is 90.4 Å². The summed E-state index contributed by atoms with van der Waals surface area (Å²) in [5.74, 6) is 3.54. The first kappa shape index (κ1) is 31.2. The normalized spacial score (nSPS) is 11.3. The van der Waals surface area contributed by atoms with Gasteiger partial charge in [0.2, 0.25) is 0 Å². The fourth-order valence-electron chi connectivity index (χ4n) is 7.00. The molecule has 0 aliphatic rings. The third-order valence-corrected chi connectivity index (χ3v) is 9.62. The number of imidazole rings is 2. The highest BCUT2D eigenvalue weighted by Gasteiger charge is 2.18. The fraction of sp³-hybridized carbons (Fsp3) is 0. The van der Waals surface area contributed by atoms with Crippen molar-refractivity contribution in [3.8, 4) is 68.3 Å². The lowest BCUT2D eigenvalue weighted by molar-refractivity contribution is 1.07.